The van der Waals surface area contributed by atoms with Crippen molar-refractivity contribution < 1.29 is 17.5 Å². The molecule has 2 rings (SSSR count). The van der Waals surface area contributed by atoms with Crippen LogP contribution in [0.4, 0.5) is 4.39 Å². The molecule has 5 nitrogen and oxygen atoms in total. The van der Waals surface area contributed by atoms with Gasteiger partial charge in [-0.2, -0.15) is 0 Å². The van der Waals surface area contributed by atoms with Gasteiger partial charge in [0.05, 0.1) is 11.5 Å². The van der Waals surface area contributed by atoms with Crippen molar-refractivity contribution in [3.63, 3.8) is 0 Å². The van der Waals surface area contributed by atoms with E-state index in [1.54, 1.807) is 0 Å². The Labute approximate surface area is 124 Å². The highest BCUT2D eigenvalue weighted by molar-refractivity contribution is 7.89. The van der Waals surface area contributed by atoms with Crippen LogP contribution >= 0.6 is 0 Å². The molecule has 21 heavy (non-hydrogen) atoms. The first-order chi connectivity index (χ1) is 9.91. The molecular weight excluding hydrogens is 295 g/mol. The van der Waals surface area contributed by atoms with Crippen molar-refractivity contribution in [2.75, 3.05) is 13.2 Å². The molecule has 1 aromatic carbocycles. The molecule has 0 radical (unpaired) electrons. The zero-order valence-corrected chi connectivity index (χ0v) is 12.6. The van der Waals surface area contributed by atoms with E-state index in [1.807, 2.05) is 0 Å². The van der Waals surface area contributed by atoms with Crippen molar-refractivity contribution in [3.05, 3.63) is 24.0 Å². The minimum atomic E-state index is -3.90. The minimum Gasteiger partial charge on any atom is -0.490 e. The van der Waals surface area contributed by atoms with Crippen molar-refractivity contribution >= 4 is 10.0 Å². The summed E-state index contributed by atoms with van der Waals surface area (Å²) in [5.74, 6) is 0.0527. The average Bonchev–Trinajstić information content (AvgIpc) is 2.45. The maximum Gasteiger partial charge on any atom is 0.238 e. The van der Waals surface area contributed by atoms with Gasteiger partial charge in [-0.15, -0.1) is 0 Å². The molecule has 4 N–H and O–H groups in total. The van der Waals surface area contributed by atoms with E-state index in [0.717, 1.165) is 25.3 Å². The van der Waals surface area contributed by atoms with Gasteiger partial charge in [0.25, 0.3) is 0 Å². The van der Waals surface area contributed by atoms with E-state index in [0.29, 0.717) is 25.0 Å². The number of nitrogens with two attached hydrogens (primary N) is 2. The van der Waals surface area contributed by atoms with Crippen molar-refractivity contribution in [1.29, 1.82) is 0 Å². The largest absolute Gasteiger partial charge is 0.490 e. The molecule has 1 aromatic rings. The molecule has 1 aliphatic rings. The maximum atomic E-state index is 13.8. The summed E-state index contributed by atoms with van der Waals surface area (Å²) in [6.07, 6.45) is 4.42. The Morgan fingerprint density at radius 3 is 2.48 bits per heavy atom. The first-order valence-corrected chi connectivity index (χ1v) is 8.61. The van der Waals surface area contributed by atoms with Gasteiger partial charge >= 0.3 is 0 Å². The number of benzene rings is 1. The summed E-state index contributed by atoms with van der Waals surface area (Å²) in [4.78, 5) is -0.259. The van der Waals surface area contributed by atoms with Crippen LogP contribution in [-0.2, 0) is 10.0 Å². The van der Waals surface area contributed by atoms with Gasteiger partial charge < -0.3 is 10.5 Å². The molecule has 7 heteroatoms. The molecule has 0 bridgehead atoms. The maximum absolute atomic E-state index is 13.8. The Hall–Kier alpha value is -1.18. The predicted octanol–water partition coefficient (Wildman–Crippen LogP) is 1.62. The average molecular weight is 316 g/mol. The topological polar surface area (TPSA) is 95.4 Å². The van der Waals surface area contributed by atoms with Gasteiger partial charge in [0.2, 0.25) is 10.0 Å². The van der Waals surface area contributed by atoms with E-state index < -0.39 is 15.8 Å². The van der Waals surface area contributed by atoms with Crippen LogP contribution in [0.3, 0.4) is 0 Å². The highest BCUT2D eigenvalue weighted by Gasteiger charge is 2.25. The third-order valence-corrected chi connectivity index (χ3v) is 4.97. The Balaban J connectivity index is 2.03. The van der Waals surface area contributed by atoms with Crippen LogP contribution in [0, 0.1) is 17.7 Å². The summed E-state index contributed by atoms with van der Waals surface area (Å²) in [6, 6.07) is 3.43. The molecule has 0 aliphatic heterocycles. The number of rotatable bonds is 5. The molecule has 2 unspecified atom stereocenters. The molecule has 1 saturated carbocycles. The molecule has 0 saturated heterocycles. The Morgan fingerprint density at radius 2 is 1.90 bits per heavy atom. The van der Waals surface area contributed by atoms with Crippen molar-refractivity contribution in [3.8, 4) is 5.75 Å². The molecule has 0 aromatic heterocycles. The van der Waals surface area contributed by atoms with Gasteiger partial charge in [-0.1, -0.05) is 12.8 Å². The van der Waals surface area contributed by atoms with Crippen LogP contribution in [-0.4, -0.2) is 21.6 Å². The summed E-state index contributed by atoms with van der Waals surface area (Å²) in [5, 5.41) is 4.95. The van der Waals surface area contributed by atoms with E-state index in [1.165, 1.54) is 18.6 Å². The van der Waals surface area contributed by atoms with Crippen LogP contribution in [0.25, 0.3) is 0 Å². The number of hydrogen-bond donors (Lipinski definition) is 2. The van der Waals surface area contributed by atoms with Crippen LogP contribution in [0.1, 0.15) is 25.7 Å². The summed E-state index contributed by atoms with van der Waals surface area (Å²) in [7, 11) is -3.90. The van der Waals surface area contributed by atoms with Crippen LogP contribution in [0.15, 0.2) is 23.1 Å². The lowest BCUT2D eigenvalue weighted by Gasteiger charge is -2.30. The fourth-order valence-corrected chi connectivity index (χ4v) is 3.31. The molecule has 1 fully saturated rings. The molecule has 118 valence electrons. The van der Waals surface area contributed by atoms with Crippen molar-refractivity contribution in [1.82, 2.24) is 0 Å². The van der Waals surface area contributed by atoms with Gasteiger partial charge in [0.15, 0.2) is 11.6 Å². The lowest BCUT2D eigenvalue weighted by molar-refractivity contribution is 0.149. The predicted molar refractivity (Wildman–Crippen MR) is 77.8 cm³/mol. The van der Waals surface area contributed by atoms with Gasteiger partial charge in [0.1, 0.15) is 0 Å². The van der Waals surface area contributed by atoms with Gasteiger partial charge in [0, 0.05) is 0 Å². The molecule has 1 aliphatic carbocycles. The Kier molecular flexibility index (Phi) is 5.18. The fourth-order valence-electron chi connectivity index (χ4n) is 2.79. The van der Waals surface area contributed by atoms with Crippen LogP contribution in [0.5, 0.6) is 5.75 Å². The molecule has 0 spiro atoms. The second-order valence-corrected chi connectivity index (χ2v) is 7.05. The lowest BCUT2D eigenvalue weighted by atomic mass is 9.80. The SMILES string of the molecule is NCC1CCCCC1COc1ccc(S(N)(=O)=O)cc1F. The smallest absolute Gasteiger partial charge is 0.238 e. The van der Waals surface area contributed by atoms with E-state index >= 15 is 0 Å². The van der Waals surface area contributed by atoms with Gasteiger partial charge in [-0.05, 0) is 49.4 Å². The highest BCUT2D eigenvalue weighted by Crippen LogP contribution is 2.30. The summed E-state index contributed by atoms with van der Waals surface area (Å²) >= 11 is 0. The monoisotopic (exact) mass is 316 g/mol. The zero-order valence-electron chi connectivity index (χ0n) is 11.8. The van der Waals surface area contributed by atoms with E-state index in [9.17, 15) is 12.8 Å². The number of hydrogen-bond acceptors (Lipinski definition) is 4. The third kappa shape index (κ3) is 4.15. The normalized spacial score (nSPS) is 23.0. The van der Waals surface area contributed by atoms with Crippen LogP contribution < -0.4 is 15.6 Å². The number of ether oxygens (including phenoxy) is 1. The molecule has 2 atom stereocenters. The van der Waals surface area contributed by atoms with Crippen molar-refractivity contribution in [2.24, 2.45) is 22.7 Å². The second-order valence-electron chi connectivity index (χ2n) is 5.49. The molecular formula is C14H21FN2O3S. The Bertz CT molecular complexity index is 592. The van der Waals surface area contributed by atoms with Gasteiger partial charge in [-0.25, -0.2) is 17.9 Å². The summed E-state index contributed by atoms with van der Waals surface area (Å²) in [6.45, 7) is 1.01. The quantitative estimate of drug-likeness (QED) is 0.863. The first kappa shape index (κ1) is 16.2. The standard InChI is InChI=1S/C14H21FN2O3S/c15-13-7-12(21(17,18)19)5-6-14(13)20-9-11-4-2-1-3-10(11)8-16/h5-7,10-11H,1-4,8-9,16H2,(H2,17,18,19). The highest BCUT2D eigenvalue weighted by atomic mass is 32.2. The summed E-state index contributed by atoms with van der Waals surface area (Å²) < 4.78 is 41.6. The first-order valence-electron chi connectivity index (χ1n) is 7.07. The number of primary sulfonamides is 1. The number of sulfonamides is 1. The van der Waals surface area contributed by atoms with Gasteiger partial charge in [-0.3, -0.25) is 0 Å². The number of halogens is 1. The van der Waals surface area contributed by atoms with E-state index in [2.05, 4.69) is 0 Å². The van der Waals surface area contributed by atoms with E-state index in [4.69, 9.17) is 15.6 Å². The molecule has 0 amide bonds. The summed E-state index contributed by atoms with van der Waals surface area (Å²) in [5.41, 5.74) is 5.75. The fraction of sp³-hybridized carbons (Fsp3) is 0.571. The second kappa shape index (κ2) is 6.72. The van der Waals surface area contributed by atoms with E-state index in [-0.39, 0.29) is 10.6 Å². The Morgan fingerprint density at radius 1 is 1.24 bits per heavy atom. The third-order valence-electron chi connectivity index (χ3n) is 4.05. The van der Waals surface area contributed by atoms with Crippen LogP contribution in [0.2, 0.25) is 0 Å². The zero-order chi connectivity index (χ0) is 15.5. The lowest BCUT2D eigenvalue weighted by Crippen LogP contribution is -2.30. The molecule has 0 heterocycles. The minimum absolute atomic E-state index is 0.0451. The van der Waals surface area contributed by atoms with Crippen molar-refractivity contribution in [2.45, 2.75) is 30.6 Å².